The van der Waals surface area contributed by atoms with Crippen LogP contribution in [0.25, 0.3) is 0 Å². The van der Waals surface area contributed by atoms with Gasteiger partial charge in [-0.25, -0.2) is 9.59 Å². The summed E-state index contributed by atoms with van der Waals surface area (Å²) in [5, 5.41) is 8.64. The van der Waals surface area contributed by atoms with E-state index in [1.807, 2.05) is 6.07 Å². The molecule has 0 bridgehead atoms. The molecule has 0 unspecified atom stereocenters. The van der Waals surface area contributed by atoms with E-state index in [0.29, 0.717) is 12.0 Å². The van der Waals surface area contributed by atoms with Crippen LogP contribution in [0.2, 0.25) is 0 Å². The van der Waals surface area contributed by atoms with Crippen molar-refractivity contribution in [1.82, 2.24) is 4.90 Å². The molecule has 6 heteroatoms. The molecule has 1 saturated heterocycles. The Bertz CT molecular complexity index is 443. The average molecular weight is 266 g/mol. The highest BCUT2D eigenvalue weighted by Gasteiger charge is 2.39. The van der Waals surface area contributed by atoms with E-state index in [-0.39, 0.29) is 6.54 Å². The lowest BCUT2D eigenvalue weighted by molar-refractivity contribution is -0.145. The molecule has 0 aromatic heterocycles. The minimum Gasteiger partial charge on any atom is -0.467 e. The van der Waals surface area contributed by atoms with Crippen LogP contribution in [0.15, 0.2) is 11.6 Å². The first-order valence-electron chi connectivity index (χ1n) is 5.93. The van der Waals surface area contributed by atoms with Gasteiger partial charge < -0.3 is 9.47 Å². The second kappa shape index (κ2) is 5.74. The summed E-state index contributed by atoms with van der Waals surface area (Å²) in [6.07, 6.45) is 1.07. The Labute approximate surface area is 112 Å². The Balaban J connectivity index is 2.89. The Hall–Kier alpha value is -2.03. The van der Waals surface area contributed by atoms with E-state index in [1.165, 1.54) is 18.1 Å². The zero-order valence-corrected chi connectivity index (χ0v) is 11.6. The van der Waals surface area contributed by atoms with Crippen molar-refractivity contribution in [1.29, 1.82) is 5.26 Å². The lowest BCUT2D eigenvalue weighted by atomic mass is 10.1. The molecular formula is C13H18N2O4. The summed E-state index contributed by atoms with van der Waals surface area (Å²) >= 11 is 0. The largest absolute Gasteiger partial charge is 0.467 e. The molecule has 1 aliphatic heterocycles. The topological polar surface area (TPSA) is 79.6 Å². The molecule has 1 amide bonds. The molecule has 0 N–H and O–H groups in total. The van der Waals surface area contributed by atoms with Gasteiger partial charge in [-0.1, -0.05) is 0 Å². The van der Waals surface area contributed by atoms with E-state index in [9.17, 15) is 9.59 Å². The predicted octanol–water partition coefficient (Wildman–Crippen LogP) is 1.62. The molecule has 0 spiro atoms. The molecule has 0 aromatic rings. The first-order valence-corrected chi connectivity index (χ1v) is 5.93. The minimum absolute atomic E-state index is 0.211. The van der Waals surface area contributed by atoms with Crippen molar-refractivity contribution in [3.05, 3.63) is 11.6 Å². The van der Waals surface area contributed by atoms with Gasteiger partial charge >= 0.3 is 12.1 Å². The van der Waals surface area contributed by atoms with Crippen molar-refractivity contribution in [3.63, 3.8) is 0 Å². The standard InChI is InChI=1S/C13H18N2O4/c1-13(2,3)19-12(17)15-8-9(5-6-14)7-10(15)11(16)18-4/h5,10H,7-8H2,1-4H3/t10-/m0/s1. The zero-order chi connectivity index (χ0) is 14.6. The van der Waals surface area contributed by atoms with Crippen LogP contribution >= 0.6 is 0 Å². The Morgan fingerprint density at radius 2 is 2.11 bits per heavy atom. The van der Waals surface area contributed by atoms with Gasteiger partial charge in [0.15, 0.2) is 0 Å². The van der Waals surface area contributed by atoms with Crippen molar-refractivity contribution in [2.24, 2.45) is 0 Å². The van der Waals surface area contributed by atoms with Gasteiger partial charge in [-0.15, -0.1) is 0 Å². The number of hydrogen-bond acceptors (Lipinski definition) is 5. The number of nitriles is 1. The van der Waals surface area contributed by atoms with Crippen molar-refractivity contribution in [2.75, 3.05) is 13.7 Å². The lowest BCUT2D eigenvalue weighted by Gasteiger charge is -2.27. The molecule has 6 nitrogen and oxygen atoms in total. The van der Waals surface area contributed by atoms with Gasteiger partial charge in [0.05, 0.1) is 13.2 Å². The highest BCUT2D eigenvalue weighted by Crippen LogP contribution is 2.25. The number of nitrogens with zero attached hydrogens (tertiary/aromatic N) is 2. The molecule has 1 aliphatic rings. The van der Waals surface area contributed by atoms with E-state index in [1.54, 1.807) is 20.8 Å². The molecule has 0 aliphatic carbocycles. The molecule has 1 heterocycles. The molecule has 1 atom stereocenters. The van der Waals surface area contributed by atoms with Gasteiger partial charge in [0, 0.05) is 19.0 Å². The molecule has 19 heavy (non-hydrogen) atoms. The number of esters is 1. The fraction of sp³-hybridized carbons (Fsp3) is 0.615. The number of amides is 1. The lowest BCUT2D eigenvalue weighted by Crippen LogP contribution is -2.43. The van der Waals surface area contributed by atoms with Crippen LogP contribution in [0.3, 0.4) is 0 Å². The van der Waals surface area contributed by atoms with E-state index >= 15 is 0 Å². The highest BCUT2D eigenvalue weighted by molar-refractivity contribution is 5.83. The summed E-state index contributed by atoms with van der Waals surface area (Å²) in [7, 11) is 1.27. The summed E-state index contributed by atoms with van der Waals surface area (Å²) in [6, 6.07) is 1.18. The summed E-state index contributed by atoms with van der Waals surface area (Å²) < 4.78 is 9.91. The predicted molar refractivity (Wildman–Crippen MR) is 67.1 cm³/mol. The Morgan fingerprint density at radius 1 is 1.47 bits per heavy atom. The van der Waals surface area contributed by atoms with Crippen molar-refractivity contribution in [2.45, 2.75) is 38.8 Å². The van der Waals surface area contributed by atoms with E-state index < -0.39 is 23.7 Å². The van der Waals surface area contributed by atoms with Gasteiger partial charge in [-0.2, -0.15) is 5.26 Å². The quantitative estimate of drug-likeness (QED) is 0.532. The third-order valence-corrected chi connectivity index (χ3v) is 2.58. The van der Waals surface area contributed by atoms with E-state index in [4.69, 9.17) is 10.00 Å². The fourth-order valence-corrected chi connectivity index (χ4v) is 1.81. The number of hydrogen-bond donors (Lipinski definition) is 0. The summed E-state index contributed by atoms with van der Waals surface area (Å²) in [6.45, 7) is 5.46. The first-order chi connectivity index (χ1) is 8.78. The molecule has 0 aromatic carbocycles. The van der Waals surface area contributed by atoms with Crippen LogP contribution in [0.4, 0.5) is 4.79 Å². The SMILES string of the molecule is COC(=O)[C@@H]1CC(=CC#N)CN1C(=O)OC(C)(C)C. The summed E-state index contributed by atoms with van der Waals surface area (Å²) in [5.41, 5.74) is 0.0724. The van der Waals surface area contributed by atoms with Crippen LogP contribution < -0.4 is 0 Å². The molecule has 0 saturated carbocycles. The van der Waals surface area contributed by atoms with E-state index in [0.717, 1.165) is 0 Å². The second-order valence-corrected chi connectivity index (χ2v) is 5.28. The van der Waals surface area contributed by atoms with Gasteiger partial charge in [0.2, 0.25) is 0 Å². The summed E-state index contributed by atoms with van der Waals surface area (Å²) in [5.74, 6) is -0.507. The Kier molecular flexibility index (Phi) is 4.54. The van der Waals surface area contributed by atoms with E-state index in [2.05, 4.69) is 4.74 Å². The van der Waals surface area contributed by atoms with Crippen molar-refractivity contribution < 1.29 is 19.1 Å². The molecule has 1 rings (SSSR count). The number of likely N-dealkylation sites (tertiary alicyclic amines) is 1. The molecule has 0 radical (unpaired) electrons. The fourth-order valence-electron chi connectivity index (χ4n) is 1.81. The van der Waals surface area contributed by atoms with Gasteiger partial charge in [0.25, 0.3) is 0 Å². The summed E-state index contributed by atoms with van der Waals surface area (Å²) in [4.78, 5) is 25.0. The maximum absolute atomic E-state index is 12.0. The maximum atomic E-state index is 12.0. The number of ether oxygens (including phenoxy) is 2. The Morgan fingerprint density at radius 3 is 2.58 bits per heavy atom. The molecular weight excluding hydrogens is 248 g/mol. The zero-order valence-electron chi connectivity index (χ0n) is 11.6. The molecule has 104 valence electrons. The number of carbonyl (C=O) groups is 2. The molecule has 1 fully saturated rings. The normalized spacial score (nSPS) is 21.1. The van der Waals surface area contributed by atoms with Crippen LogP contribution in [0.5, 0.6) is 0 Å². The first kappa shape index (κ1) is 15.0. The third-order valence-electron chi connectivity index (χ3n) is 2.58. The maximum Gasteiger partial charge on any atom is 0.411 e. The van der Waals surface area contributed by atoms with Crippen LogP contribution in [-0.2, 0) is 14.3 Å². The van der Waals surface area contributed by atoms with Crippen molar-refractivity contribution >= 4 is 12.1 Å². The third kappa shape index (κ3) is 3.98. The smallest absolute Gasteiger partial charge is 0.411 e. The number of carbonyl (C=O) groups excluding carboxylic acids is 2. The van der Waals surface area contributed by atoms with Gasteiger partial charge in [-0.3, -0.25) is 4.90 Å². The average Bonchev–Trinajstić information content (AvgIpc) is 2.70. The van der Waals surface area contributed by atoms with Crippen molar-refractivity contribution in [3.8, 4) is 6.07 Å². The van der Waals surface area contributed by atoms with Gasteiger partial charge in [-0.05, 0) is 26.3 Å². The minimum atomic E-state index is -0.723. The van der Waals surface area contributed by atoms with Crippen LogP contribution in [0.1, 0.15) is 27.2 Å². The number of rotatable bonds is 1. The number of allylic oxidation sites excluding steroid dienone is 1. The van der Waals surface area contributed by atoms with Crippen LogP contribution in [0, 0.1) is 11.3 Å². The number of methoxy groups -OCH3 is 1. The monoisotopic (exact) mass is 266 g/mol. The van der Waals surface area contributed by atoms with Crippen LogP contribution in [-0.4, -0.2) is 42.3 Å². The highest BCUT2D eigenvalue weighted by atomic mass is 16.6. The second-order valence-electron chi connectivity index (χ2n) is 5.28. The van der Waals surface area contributed by atoms with Gasteiger partial charge in [0.1, 0.15) is 11.6 Å².